The summed E-state index contributed by atoms with van der Waals surface area (Å²) < 4.78 is 5.19. The van der Waals surface area contributed by atoms with Crippen molar-refractivity contribution in [1.29, 1.82) is 0 Å². The lowest BCUT2D eigenvalue weighted by Gasteiger charge is -2.04. The lowest BCUT2D eigenvalue weighted by molar-refractivity contribution is 0.369. The van der Waals surface area contributed by atoms with Gasteiger partial charge in [-0.05, 0) is 12.1 Å². The van der Waals surface area contributed by atoms with E-state index in [9.17, 15) is 0 Å². The minimum atomic E-state index is 0.473. The molecule has 0 amide bonds. The van der Waals surface area contributed by atoms with E-state index in [0.29, 0.717) is 24.2 Å². The highest BCUT2D eigenvalue weighted by Gasteiger charge is 2.07. The third kappa shape index (κ3) is 3.92. The Kier molecular flexibility index (Phi) is 4.41. The van der Waals surface area contributed by atoms with Crippen LogP contribution in [0.3, 0.4) is 0 Å². The molecule has 5 heteroatoms. The molecule has 2 aromatic rings. The maximum absolute atomic E-state index is 5.19. The molecule has 0 radical (unpaired) electrons. The Hall–Kier alpha value is -1.75. The zero-order valence-corrected chi connectivity index (χ0v) is 10.8. The fraction of sp³-hybridized carbons (Fsp3) is 0.462. The van der Waals surface area contributed by atoms with Crippen molar-refractivity contribution in [3.8, 4) is 0 Å². The van der Waals surface area contributed by atoms with Gasteiger partial charge in [-0.3, -0.25) is 4.98 Å². The van der Waals surface area contributed by atoms with Crippen LogP contribution in [0.1, 0.15) is 31.3 Å². The Bertz CT molecular complexity index is 467. The zero-order chi connectivity index (χ0) is 12.8. The van der Waals surface area contributed by atoms with Gasteiger partial charge in [0.2, 0.25) is 5.89 Å². The van der Waals surface area contributed by atoms with E-state index in [4.69, 9.17) is 4.52 Å². The van der Waals surface area contributed by atoms with Crippen molar-refractivity contribution in [2.24, 2.45) is 0 Å². The molecule has 0 aliphatic heterocycles. The minimum absolute atomic E-state index is 0.473. The summed E-state index contributed by atoms with van der Waals surface area (Å²) >= 11 is 0. The third-order valence-electron chi connectivity index (χ3n) is 2.47. The highest BCUT2D eigenvalue weighted by atomic mass is 16.5. The van der Waals surface area contributed by atoms with Crippen molar-refractivity contribution in [2.75, 3.05) is 6.54 Å². The fourth-order valence-electron chi connectivity index (χ4n) is 1.60. The van der Waals surface area contributed by atoms with E-state index in [1.165, 1.54) is 0 Å². The Balaban J connectivity index is 1.86. The number of nitrogens with one attached hydrogen (secondary N) is 1. The molecule has 2 aromatic heterocycles. The Morgan fingerprint density at radius 2 is 2.22 bits per heavy atom. The molecule has 0 atom stereocenters. The number of rotatable bonds is 6. The first-order chi connectivity index (χ1) is 8.74. The van der Waals surface area contributed by atoms with Crippen molar-refractivity contribution in [1.82, 2.24) is 20.4 Å². The van der Waals surface area contributed by atoms with Crippen LogP contribution in [0.2, 0.25) is 0 Å². The van der Waals surface area contributed by atoms with E-state index in [0.717, 1.165) is 18.7 Å². The maximum Gasteiger partial charge on any atom is 0.227 e. The first kappa shape index (κ1) is 12.7. The Morgan fingerprint density at radius 3 is 2.94 bits per heavy atom. The van der Waals surface area contributed by atoms with E-state index in [1.807, 2.05) is 18.2 Å². The predicted molar refractivity (Wildman–Crippen MR) is 68.2 cm³/mol. The average molecular weight is 246 g/mol. The summed E-state index contributed by atoms with van der Waals surface area (Å²) in [5.74, 6) is 1.36. The van der Waals surface area contributed by atoms with Gasteiger partial charge in [0.15, 0.2) is 5.82 Å². The fourth-order valence-corrected chi connectivity index (χ4v) is 1.60. The third-order valence-corrected chi connectivity index (χ3v) is 2.47. The van der Waals surface area contributed by atoms with Gasteiger partial charge in [0.25, 0.3) is 0 Å². The first-order valence-electron chi connectivity index (χ1n) is 6.19. The minimum Gasteiger partial charge on any atom is -0.339 e. The Morgan fingerprint density at radius 1 is 1.33 bits per heavy atom. The highest BCUT2D eigenvalue weighted by molar-refractivity contribution is 5.09. The summed E-state index contributed by atoms with van der Waals surface area (Å²) in [6.07, 6.45) is 3.14. The van der Waals surface area contributed by atoms with E-state index in [-0.39, 0.29) is 0 Å². The Labute approximate surface area is 107 Å². The van der Waals surface area contributed by atoms with E-state index in [1.54, 1.807) is 6.20 Å². The summed E-state index contributed by atoms with van der Waals surface area (Å²) in [4.78, 5) is 8.58. The molecule has 0 saturated carbocycles. The van der Waals surface area contributed by atoms with Crippen LogP contribution in [0.25, 0.3) is 0 Å². The summed E-state index contributed by atoms with van der Waals surface area (Å²) in [5.41, 5.74) is 0.949. The van der Waals surface area contributed by atoms with E-state index in [2.05, 4.69) is 34.3 Å². The van der Waals surface area contributed by atoms with Gasteiger partial charge in [-0.1, -0.05) is 25.1 Å². The summed E-state index contributed by atoms with van der Waals surface area (Å²) in [5, 5.41) is 7.27. The molecule has 1 N–H and O–H groups in total. The molecule has 0 bridgehead atoms. The van der Waals surface area contributed by atoms with Crippen LogP contribution < -0.4 is 5.32 Å². The smallest absolute Gasteiger partial charge is 0.227 e. The van der Waals surface area contributed by atoms with Crippen LogP contribution in [0.4, 0.5) is 0 Å². The van der Waals surface area contributed by atoms with Crippen LogP contribution in [0.5, 0.6) is 0 Å². The maximum atomic E-state index is 5.19. The molecule has 0 aliphatic carbocycles. The average Bonchev–Trinajstić information content (AvgIpc) is 2.78. The van der Waals surface area contributed by atoms with Crippen molar-refractivity contribution in [3.63, 3.8) is 0 Å². The molecular weight excluding hydrogens is 228 g/mol. The molecule has 0 fully saturated rings. The number of hydrogen-bond donors (Lipinski definition) is 1. The second-order valence-electron chi connectivity index (χ2n) is 4.46. The van der Waals surface area contributed by atoms with Crippen LogP contribution >= 0.6 is 0 Å². The molecule has 0 unspecified atom stereocenters. The van der Waals surface area contributed by atoms with Gasteiger partial charge in [-0.15, -0.1) is 0 Å². The number of pyridine rings is 1. The van der Waals surface area contributed by atoms with E-state index < -0.39 is 0 Å². The van der Waals surface area contributed by atoms with Gasteiger partial charge in [0.1, 0.15) is 0 Å². The molecular formula is C13H18N4O. The number of nitrogens with zero attached hydrogens (tertiary/aromatic N) is 3. The number of hydrogen-bond acceptors (Lipinski definition) is 5. The van der Waals surface area contributed by atoms with Gasteiger partial charge in [0, 0.05) is 30.9 Å². The second-order valence-corrected chi connectivity index (χ2v) is 4.46. The number of aromatic nitrogens is 3. The van der Waals surface area contributed by atoms with Crippen LogP contribution in [0, 0.1) is 0 Å². The molecule has 18 heavy (non-hydrogen) atoms. The molecule has 2 rings (SSSR count). The van der Waals surface area contributed by atoms with Gasteiger partial charge < -0.3 is 9.84 Å². The van der Waals surface area contributed by atoms with Gasteiger partial charge in [0.05, 0.1) is 6.42 Å². The topological polar surface area (TPSA) is 63.8 Å². The molecule has 0 aliphatic rings. The molecule has 96 valence electrons. The summed E-state index contributed by atoms with van der Waals surface area (Å²) in [6.45, 7) is 5.07. The van der Waals surface area contributed by atoms with Crippen molar-refractivity contribution in [2.45, 2.75) is 32.7 Å². The van der Waals surface area contributed by atoms with Gasteiger partial charge in [-0.2, -0.15) is 4.98 Å². The van der Waals surface area contributed by atoms with Crippen LogP contribution in [-0.2, 0) is 12.8 Å². The molecule has 0 saturated heterocycles. The lowest BCUT2D eigenvalue weighted by Crippen LogP contribution is -2.25. The normalized spacial score (nSPS) is 11.1. The molecule has 0 spiro atoms. The quantitative estimate of drug-likeness (QED) is 0.838. The predicted octanol–water partition coefficient (Wildman–Crippen LogP) is 1.60. The second kappa shape index (κ2) is 6.26. The van der Waals surface area contributed by atoms with Gasteiger partial charge >= 0.3 is 0 Å². The van der Waals surface area contributed by atoms with E-state index >= 15 is 0 Å². The first-order valence-corrected chi connectivity index (χ1v) is 6.19. The monoisotopic (exact) mass is 246 g/mol. The van der Waals surface area contributed by atoms with Crippen molar-refractivity contribution >= 4 is 0 Å². The van der Waals surface area contributed by atoms with Crippen LogP contribution in [0.15, 0.2) is 28.9 Å². The van der Waals surface area contributed by atoms with Crippen molar-refractivity contribution in [3.05, 3.63) is 41.8 Å². The highest BCUT2D eigenvalue weighted by Crippen LogP contribution is 2.04. The lowest BCUT2D eigenvalue weighted by atomic mass is 10.2. The van der Waals surface area contributed by atoms with Crippen LogP contribution in [-0.4, -0.2) is 27.7 Å². The van der Waals surface area contributed by atoms with Gasteiger partial charge in [-0.25, -0.2) is 0 Å². The zero-order valence-electron chi connectivity index (χ0n) is 10.8. The van der Waals surface area contributed by atoms with Crippen molar-refractivity contribution < 1.29 is 4.52 Å². The SMILES string of the molecule is CC(C)NCCc1nc(Cc2ccccn2)no1. The largest absolute Gasteiger partial charge is 0.339 e. The molecule has 5 nitrogen and oxygen atoms in total. The standard InChI is InChI=1S/C13H18N4O/c1-10(2)14-8-6-13-16-12(17-18-13)9-11-5-3-4-7-15-11/h3-5,7,10,14H,6,8-9H2,1-2H3. The molecule has 0 aromatic carbocycles. The summed E-state index contributed by atoms with van der Waals surface area (Å²) in [6, 6.07) is 6.27. The molecule has 2 heterocycles. The summed E-state index contributed by atoms with van der Waals surface area (Å²) in [7, 11) is 0.